The van der Waals surface area contributed by atoms with Gasteiger partial charge in [0.15, 0.2) is 4.34 Å². The van der Waals surface area contributed by atoms with Crippen molar-refractivity contribution in [3.63, 3.8) is 0 Å². The maximum Gasteiger partial charge on any atom is 0.323 e. The molecule has 0 bridgehead atoms. The third-order valence-corrected chi connectivity index (χ3v) is 2.73. The van der Waals surface area contributed by atoms with Gasteiger partial charge in [-0.2, -0.15) is 5.10 Å². The van der Waals surface area contributed by atoms with Crippen LogP contribution in [0.3, 0.4) is 0 Å². The van der Waals surface area contributed by atoms with Gasteiger partial charge in [0.05, 0.1) is 0 Å². The topological polar surface area (TPSA) is 45.8 Å². The molecule has 0 unspecified atom stereocenters. The fourth-order valence-electron chi connectivity index (χ4n) is 0.522. The fourth-order valence-corrected chi connectivity index (χ4v) is 2.62. The van der Waals surface area contributed by atoms with Crippen LogP contribution in [0.4, 0.5) is 0 Å². The lowest BCUT2D eigenvalue weighted by Crippen LogP contribution is -2.06. The number of thioether (sulfide) groups is 1. The van der Waals surface area contributed by atoms with Gasteiger partial charge in [0.2, 0.25) is 0 Å². The molecule has 0 amide bonds. The molecule has 0 aliphatic heterocycles. The van der Waals surface area contributed by atoms with Crippen molar-refractivity contribution in [1.82, 2.24) is 10.2 Å². The number of H-pyrrole nitrogens is 1. The summed E-state index contributed by atoms with van der Waals surface area (Å²) in [6.07, 6.45) is 0. The molecule has 0 aromatic carbocycles. The van der Waals surface area contributed by atoms with Crippen LogP contribution in [0.1, 0.15) is 20.8 Å². The van der Waals surface area contributed by atoms with Gasteiger partial charge < -0.3 is 0 Å². The molecular formula is C6H10N2OS2. The third-order valence-electron chi connectivity index (χ3n) is 0.812. The largest absolute Gasteiger partial charge is 0.323 e. The number of aromatic nitrogens is 2. The SMILES string of the molecule is CC(C)(C)Sc1n[nH]c(=O)s1. The van der Waals surface area contributed by atoms with Crippen LogP contribution in [0, 0.1) is 0 Å². The van der Waals surface area contributed by atoms with Crippen molar-refractivity contribution < 1.29 is 0 Å². The van der Waals surface area contributed by atoms with Gasteiger partial charge in [0.1, 0.15) is 0 Å². The van der Waals surface area contributed by atoms with Gasteiger partial charge in [-0.05, 0) is 11.3 Å². The first-order valence-electron chi connectivity index (χ1n) is 3.22. The first-order chi connectivity index (χ1) is 4.97. The highest BCUT2D eigenvalue weighted by atomic mass is 32.2. The maximum absolute atomic E-state index is 10.7. The molecule has 0 aliphatic carbocycles. The lowest BCUT2D eigenvalue weighted by molar-refractivity contribution is 0.799. The smallest absolute Gasteiger partial charge is 0.255 e. The van der Waals surface area contributed by atoms with Crippen LogP contribution >= 0.6 is 23.1 Å². The first kappa shape index (κ1) is 8.80. The van der Waals surface area contributed by atoms with Crippen LogP contribution in [-0.2, 0) is 0 Å². The predicted molar refractivity (Wildman–Crippen MR) is 48.3 cm³/mol. The van der Waals surface area contributed by atoms with Crippen molar-refractivity contribution in [2.75, 3.05) is 0 Å². The second-order valence-corrected chi connectivity index (χ2v) is 6.13. The summed E-state index contributed by atoms with van der Waals surface area (Å²) in [5.74, 6) is 0. The zero-order valence-corrected chi connectivity index (χ0v) is 8.30. The number of rotatable bonds is 1. The molecule has 0 aliphatic rings. The first-order valence-corrected chi connectivity index (χ1v) is 4.85. The molecule has 5 heteroatoms. The number of aromatic amines is 1. The minimum Gasteiger partial charge on any atom is -0.255 e. The number of hydrogen-bond acceptors (Lipinski definition) is 4. The zero-order valence-electron chi connectivity index (χ0n) is 6.67. The Labute approximate surface area is 73.2 Å². The summed E-state index contributed by atoms with van der Waals surface area (Å²) in [6.45, 7) is 6.26. The van der Waals surface area contributed by atoms with Gasteiger partial charge in [-0.3, -0.25) is 4.79 Å². The van der Waals surface area contributed by atoms with Gasteiger partial charge in [0, 0.05) is 4.75 Å². The van der Waals surface area contributed by atoms with Crippen LogP contribution in [0.25, 0.3) is 0 Å². The minimum absolute atomic E-state index is 0.0863. The van der Waals surface area contributed by atoms with E-state index in [2.05, 4.69) is 31.0 Å². The lowest BCUT2D eigenvalue weighted by Gasteiger charge is -2.13. The Morgan fingerprint density at radius 1 is 1.55 bits per heavy atom. The van der Waals surface area contributed by atoms with E-state index in [1.807, 2.05) is 0 Å². The van der Waals surface area contributed by atoms with Crippen molar-refractivity contribution >= 4 is 23.1 Å². The second-order valence-electron chi connectivity index (χ2n) is 3.09. The van der Waals surface area contributed by atoms with Crippen LogP contribution < -0.4 is 4.87 Å². The van der Waals surface area contributed by atoms with Crippen molar-refractivity contribution in [1.29, 1.82) is 0 Å². The van der Waals surface area contributed by atoms with Crippen LogP contribution in [0.2, 0.25) is 0 Å². The molecular weight excluding hydrogens is 180 g/mol. The van der Waals surface area contributed by atoms with Crippen molar-refractivity contribution in [3.05, 3.63) is 9.67 Å². The molecule has 1 aromatic heterocycles. The summed E-state index contributed by atoms with van der Waals surface area (Å²) in [7, 11) is 0. The monoisotopic (exact) mass is 190 g/mol. The van der Waals surface area contributed by atoms with E-state index >= 15 is 0 Å². The average Bonchev–Trinajstić information content (AvgIpc) is 2.10. The van der Waals surface area contributed by atoms with E-state index in [-0.39, 0.29) is 9.62 Å². The molecule has 0 saturated carbocycles. The van der Waals surface area contributed by atoms with E-state index in [1.54, 1.807) is 11.8 Å². The molecule has 3 nitrogen and oxygen atoms in total. The molecule has 0 spiro atoms. The molecule has 11 heavy (non-hydrogen) atoms. The Hall–Kier alpha value is -0.290. The normalized spacial score (nSPS) is 11.9. The quantitative estimate of drug-likeness (QED) is 0.686. The highest BCUT2D eigenvalue weighted by Crippen LogP contribution is 2.30. The van der Waals surface area contributed by atoms with Crippen molar-refractivity contribution in [2.45, 2.75) is 29.9 Å². The van der Waals surface area contributed by atoms with E-state index in [0.29, 0.717) is 0 Å². The Morgan fingerprint density at radius 2 is 2.18 bits per heavy atom. The van der Waals surface area contributed by atoms with Crippen LogP contribution in [0.15, 0.2) is 9.13 Å². The maximum atomic E-state index is 10.7. The van der Waals surface area contributed by atoms with E-state index in [0.717, 1.165) is 15.7 Å². The summed E-state index contributed by atoms with van der Waals surface area (Å²) >= 11 is 2.75. The molecule has 1 heterocycles. The van der Waals surface area contributed by atoms with Gasteiger partial charge in [0.25, 0.3) is 0 Å². The van der Waals surface area contributed by atoms with Crippen molar-refractivity contribution in [2.24, 2.45) is 0 Å². The Morgan fingerprint density at radius 3 is 2.55 bits per heavy atom. The zero-order chi connectivity index (χ0) is 8.48. The molecule has 0 fully saturated rings. The molecule has 1 N–H and O–H groups in total. The molecule has 1 rings (SSSR count). The highest BCUT2D eigenvalue weighted by molar-refractivity contribution is 8.02. The summed E-state index contributed by atoms with van der Waals surface area (Å²) in [4.78, 5) is 10.6. The molecule has 0 saturated heterocycles. The molecule has 0 radical (unpaired) electrons. The lowest BCUT2D eigenvalue weighted by atomic mass is 10.3. The van der Waals surface area contributed by atoms with E-state index in [4.69, 9.17) is 0 Å². The van der Waals surface area contributed by atoms with Crippen LogP contribution in [0.5, 0.6) is 0 Å². The molecule has 1 aromatic rings. The number of hydrogen-bond donors (Lipinski definition) is 1. The molecule has 0 atom stereocenters. The summed E-state index contributed by atoms with van der Waals surface area (Å²) in [6, 6.07) is 0. The van der Waals surface area contributed by atoms with Gasteiger partial charge in [-0.15, -0.1) is 0 Å². The third kappa shape index (κ3) is 3.07. The Balaban J connectivity index is 2.73. The van der Waals surface area contributed by atoms with Gasteiger partial charge >= 0.3 is 4.87 Å². The van der Waals surface area contributed by atoms with Crippen LogP contribution in [-0.4, -0.2) is 14.9 Å². The Bertz CT molecular complexity index is 283. The van der Waals surface area contributed by atoms with E-state index in [9.17, 15) is 4.79 Å². The summed E-state index contributed by atoms with van der Waals surface area (Å²) in [5.41, 5.74) is 0. The number of nitrogens with zero attached hydrogens (tertiary/aromatic N) is 1. The average molecular weight is 190 g/mol. The number of nitrogens with one attached hydrogen (secondary N) is 1. The summed E-state index contributed by atoms with van der Waals surface area (Å²) in [5, 5.41) is 6.23. The van der Waals surface area contributed by atoms with Gasteiger partial charge in [-0.1, -0.05) is 32.5 Å². The fraction of sp³-hybridized carbons (Fsp3) is 0.667. The van der Waals surface area contributed by atoms with E-state index in [1.165, 1.54) is 0 Å². The molecule has 62 valence electrons. The second kappa shape index (κ2) is 2.98. The van der Waals surface area contributed by atoms with Crippen molar-refractivity contribution in [3.8, 4) is 0 Å². The van der Waals surface area contributed by atoms with Gasteiger partial charge in [-0.25, -0.2) is 5.10 Å². The summed E-state index contributed by atoms with van der Waals surface area (Å²) < 4.78 is 0.931. The Kier molecular flexibility index (Phi) is 2.39. The van der Waals surface area contributed by atoms with E-state index < -0.39 is 0 Å². The minimum atomic E-state index is -0.0863. The highest BCUT2D eigenvalue weighted by Gasteiger charge is 2.14. The standard InChI is InChI=1S/C6H10N2OS2/c1-6(2,3)11-5-8-7-4(9)10-5/h1-3H3,(H,7,9). The predicted octanol–water partition coefficient (Wildman–Crippen LogP) is 1.72.